The summed E-state index contributed by atoms with van der Waals surface area (Å²) in [5, 5.41) is 9.18. The van der Waals surface area contributed by atoms with Crippen LogP contribution >= 0.6 is 22.6 Å². The van der Waals surface area contributed by atoms with Gasteiger partial charge < -0.3 is 9.84 Å². The van der Waals surface area contributed by atoms with Crippen LogP contribution in [0.4, 0.5) is 4.39 Å². The number of ether oxygens (including phenoxy) is 1. The standard InChI is InChI=1S/C14H10FIO3/c1-19-13-10(14(17)18)7-9(11(15)12(13)16)8-5-3-2-4-6-8/h2-7H,1H3,(H,17,18). The monoisotopic (exact) mass is 372 g/mol. The molecule has 0 saturated heterocycles. The van der Waals surface area contributed by atoms with Crippen molar-refractivity contribution >= 4 is 28.6 Å². The molecule has 0 amide bonds. The molecule has 0 atom stereocenters. The summed E-state index contributed by atoms with van der Waals surface area (Å²) < 4.78 is 19.4. The highest BCUT2D eigenvalue weighted by Crippen LogP contribution is 2.35. The molecule has 0 aliphatic heterocycles. The molecule has 2 aromatic carbocycles. The van der Waals surface area contributed by atoms with Gasteiger partial charge in [-0.15, -0.1) is 0 Å². The van der Waals surface area contributed by atoms with Crippen molar-refractivity contribution < 1.29 is 19.0 Å². The molecule has 0 bridgehead atoms. The molecule has 0 aliphatic carbocycles. The van der Waals surface area contributed by atoms with E-state index in [1.165, 1.54) is 13.2 Å². The van der Waals surface area contributed by atoms with E-state index >= 15 is 0 Å². The smallest absolute Gasteiger partial charge is 0.339 e. The summed E-state index contributed by atoms with van der Waals surface area (Å²) in [6.07, 6.45) is 0. The Kier molecular flexibility index (Phi) is 4.04. The zero-order valence-electron chi connectivity index (χ0n) is 9.98. The number of benzene rings is 2. The zero-order valence-corrected chi connectivity index (χ0v) is 12.1. The van der Waals surface area contributed by atoms with E-state index in [1.54, 1.807) is 46.9 Å². The third-order valence-corrected chi connectivity index (χ3v) is 3.64. The van der Waals surface area contributed by atoms with Crippen molar-refractivity contribution in [3.8, 4) is 16.9 Å². The molecule has 0 radical (unpaired) electrons. The molecule has 5 heteroatoms. The van der Waals surface area contributed by atoms with Crippen molar-refractivity contribution in [3.63, 3.8) is 0 Å². The molecule has 0 spiro atoms. The Morgan fingerprint density at radius 1 is 1.32 bits per heavy atom. The molecule has 98 valence electrons. The molecule has 2 rings (SSSR count). The summed E-state index contributed by atoms with van der Waals surface area (Å²) in [4.78, 5) is 11.2. The fourth-order valence-corrected chi connectivity index (χ4v) is 2.60. The van der Waals surface area contributed by atoms with Crippen molar-refractivity contribution in [2.45, 2.75) is 0 Å². The first-order valence-electron chi connectivity index (χ1n) is 5.41. The van der Waals surface area contributed by atoms with Gasteiger partial charge in [-0.1, -0.05) is 30.3 Å². The highest BCUT2D eigenvalue weighted by atomic mass is 127. The van der Waals surface area contributed by atoms with E-state index in [0.717, 1.165) is 0 Å². The summed E-state index contributed by atoms with van der Waals surface area (Å²) in [6.45, 7) is 0. The van der Waals surface area contributed by atoms with Crippen LogP contribution in [-0.2, 0) is 0 Å². The number of carboxylic acid groups (broad SMARTS) is 1. The van der Waals surface area contributed by atoms with Crippen LogP contribution in [-0.4, -0.2) is 18.2 Å². The normalized spacial score (nSPS) is 10.3. The number of rotatable bonds is 3. The SMILES string of the molecule is COc1c(C(=O)O)cc(-c2ccccc2)c(F)c1I. The van der Waals surface area contributed by atoms with E-state index < -0.39 is 11.8 Å². The maximum Gasteiger partial charge on any atom is 0.339 e. The number of hydrogen-bond acceptors (Lipinski definition) is 2. The summed E-state index contributed by atoms with van der Waals surface area (Å²) in [7, 11) is 1.32. The molecule has 0 aliphatic rings. The number of aromatic carboxylic acids is 1. The molecule has 0 aromatic heterocycles. The molecule has 2 aromatic rings. The van der Waals surface area contributed by atoms with E-state index in [9.17, 15) is 14.3 Å². The van der Waals surface area contributed by atoms with Gasteiger partial charge in [-0.2, -0.15) is 0 Å². The van der Waals surface area contributed by atoms with Crippen molar-refractivity contribution in [2.75, 3.05) is 7.11 Å². The number of methoxy groups -OCH3 is 1. The van der Waals surface area contributed by atoms with Crippen LogP contribution in [0.3, 0.4) is 0 Å². The Morgan fingerprint density at radius 2 is 1.95 bits per heavy atom. The van der Waals surface area contributed by atoms with Crippen molar-refractivity contribution in [2.24, 2.45) is 0 Å². The first-order valence-corrected chi connectivity index (χ1v) is 6.48. The topological polar surface area (TPSA) is 46.5 Å². The third-order valence-electron chi connectivity index (χ3n) is 2.68. The molecule has 0 saturated carbocycles. The van der Waals surface area contributed by atoms with Crippen LogP contribution in [0.25, 0.3) is 11.1 Å². The van der Waals surface area contributed by atoms with Crippen molar-refractivity contribution in [1.82, 2.24) is 0 Å². The summed E-state index contributed by atoms with van der Waals surface area (Å²) >= 11 is 1.75. The minimum absolute atomic E-state index is 0.0466. The Labute approximate surface area is 123 Å². The summed E-state index contributed by atoms with van der Waals surface area (Å²) in [5.41, 5.74) is 0.832. The lowest BCUT2D eigenvalue weighted by Gasteiger charge is -2.12. The second kappa shape index (κ2) is 5.56. The van der Waals surface area contributed by atoms with Crippen molar-refractivity contribution in [1.29, 1.82) is 0 Å². The van der Waals surface area contributed by atoms with Crippen LogP contribution in [0.15, 0.2) is 36.4 Å². The average molecular weight is 372 g/mol. The maximum atomic E-state index is 14.3. The average Bonchev–Trinajstić information content (AvgIpc) is 2.42. The Bertz CT molecular complexity index is 626. The molecule has 1 N–H and O–H groups in total. The minimum atomic E-state index is -1.15. The molecule has 3 nitrogen and oxygen atoms in total. The molecule has 0 unspecified atom stereocenters. The van der Waals surface area contributed by atoms with Gasteiger partial charge in [0.25, 0.3) is 0 Å². The van der Waals surface area contributed by atoms with Crippen molar-refractivity contribution in [3.05, 3.63) is 51.3 Å². The van der Waals surface area contributed by atoms with Gasteiger partial charge in [-0.05, 0) is 34.2 Å². The number of carbonyl (C=O) groups is 1. The van der Waals surface area contributed by atoms with Gasteiger partial charge in [0.15, 0.2) is 0 Å². The van der Waals surface area contributed by atoms with Gasteiger partial charge in [0.2, 0.25) is 0 Å². The Hall–Kier alpha value is -1.63. The van der Waals surface area contributed by atoms with Gasteiger partial charge >= 0.3 is 5.97 Å². The molecular weight excluding hydrogens is 362 g/mol. The highest BCUT2D eigenvalue weighted by molar-refractivity contribution is 14.1. The van der Waals surface area contributed by atoms with Crippen LogP contribution in [0.1, 0.15) is 10.4 Å². The van der Waals surface area contributed by atoms with E-state index in [4.69, 9.17) is 4.74 Å². The van der Waals surface area contributed by atoms with E-state index in [0.29, 0.717) is 5.56 Å². The van der Waals surface area contributed by atoms with Crippen LogP contribution in [0.5, 0.6) is 5.75 Å². The lowest BCUT2D eigenvalue weighted by molar-refractivity contribution is 0.0693. The number of halogens is 2. The third kappa shape index (κ3) is 2.56. The molecule has 0 heterocycles. The summed E-state index contributed by atoms with van der Waals surface area (Å²) in [6, 6.07) is 10.1. The van der Waals surface area contributed by atoms with E-state index in [1.807, 2.05) is 6.07 Å². The fourth-order valence-electron chi connectivity index (χ4n) is 1.80. The van der Waals surface area contributed by atoms with Gasteiger partial charge in [0.05, 0.1) is 10.7 Å². The Morgan fingerprint density at radius 3 is 2.47 bits per heavy atom. The van der Waals surface area contributed by atoms with Gasteiger partial charge in [-0.3, -0.25) is 0 Å². The van der Waals surface area contributed by atoms with Crippen LogP contribution in [0.2, 0.25) is 0 Å². The van der Waals surface area contributed by atoms with Gasteiger partial charge in [0, 0.05) is 5.56 Å². The maximum absolute atomic E-state index is 14.3. The quantitative estimate of drug-likeness (QED) is 0.834. The Balaban J connectivity index is 2.74. The highest BCUT2D eigenvalue weighted by Gasteiger charge is 2.21. The lowest BCUT2D eigenvalue weighted by atomic mass is 10.0. The summed E-state index contributed by atoms with van der Waals surface area (Å²) in [5.74, 6) is -1.58. The first kappa shape index (κ1) is 13.8. The predicted molar refractivity (Wildman–Crippen MR) is 78.1 cm³/mol. The molecular formula is C14H10FIO3. The molecule has 19 heavy (non-hydrogen) atoms. The first-order chi connectivity index (χ1) is 9.06. The fraction of sp³-hybridized carbons (Fsp3) is 0.0714. The minimum Gasteiger partial charge on any atom is -0.495 e. The lowest BCUT2D eigenvalue weighted by Crippen LogP contribution is -2.05. The number of carboxylic acids is 1. The second-order valence-corrected chi connectivity index (χ2v) is 4.88. The van der Waals surface area contributed by atoms with Gasteiger partial charge in [0.1, 0.15) is 17.1 Å². The van der Waals surface area contributed by atoms with Gasteiger partial charge in [-0.25, -0.2) is 9.18 Å². The number of hydrogen-bond donors (Lipinski definition) is 1. The second-order valence-electron chi connectivity index (χ2n) is 3.80. The van der Waals surface area contributed by atoms with E-state index in [-0.39, 0.29) is 20.4 Å². The van der Waals surface area contributed by atoms with Crippen LogP contribution in [0, 0.1) is 9.39 Å². The van der Waals surface area contributed by atoms with Crippen LogP contribution < -0.4 is 4.74 Å². The zero-order chi connectivity index (χ0) is 14.0. The largest absolute Gasteiger partial charge is 0.495 e. The molecule has 0 fully saturated rings. The predicted octanol–water partition coefficient (Wildman–Crippen LogP) is 3.80. The van der Waals surface area contributed by atoms with E-state index in [2.05, 4.69) is 0 Å².